The fourth-order valence-electron chi connectivity index (χ4n) is 0.814. The molecule has 0 saturated heterocycles. The molecule has 0 saturated carbocycles. The molecule has 68 valence electrons. The van der Waals surface area contributed by atoms with Crippen LogP contribution in [0.4, 0.5) is 8.78 Å². The lowest BCUT2D eigenvalue weighted by Gasteiger charge is -1.98. The van der Waals surface area contributed by atoms with Crippen molar-refractivity contribution in [2.45, 2.75) is 25.7 Å². The maximum absolute atomic E-state index is 11.6. The van der Waals surface area contributed by atoms with E-state index in [1.807, 2.05) is 0 Å². The number of alkyl halides is 2. The molecular formula is C8H17F2P. The lowest BCUT2D eigenvalue weighted by molar-refractivity contribution is 0.468. The van der Waals surface area contributed by atoms with Crippen molar-refractivity contribution >= 4 is 8.58 Å². The molecule has 0 bridgehead atoms. The molecule has 0 atom stereocenters. The van der Waals surface area contributed by atoms with Crippen LogP contribution in [0.2, 0.25) is 0 Å². The van der Waals surface area contributed by atoms with Gasteiger partial charge in [-0.3, -0.25) is 8.78 Å². The van der Waals surface area contributed by atoms with E-state index in [0.29, 0.717) is 12.8 Å². The minimum Gasteiger partial charge on any atom is -0.251 e. The summed E-state index contributed by atoms with van der Waals surface area (Å²) < 4.78 is 23.2. The monoisotopic (exact) mass is 182 g/mol. The quantitative estimate of drug-likeness (QED) is 0.399. The first-order chi connectivity index (χ1) is 5.41. The molecular weight excluding hydrogens is 165 g/mol. The van der Waals surface area contributed by atoms with E-state index in [1.165, 1.54) is 0 Å². The highest BCUT2D eigenvalue weighted by molar-refractivity contribution is 7.37. The van der Waals surface area contributed by atoms with E-state index in [1.54, 1.807) is 0 Å². The van der Waals surface area contributed by atoms with E-state index in [2.05, 4.69) is 0 Å². The zero-order valence-corrected chi connectivity index (χ0v) is 7.91. The molecule has 0 heterocycles. The largest absolute Gasteiger partial charge is 0.251 e. The van der Waals surface area contributed by atoms with Crippen LogP contribution in [-0.2, 0) is 0 Å². The molecule has 0 aromatic rings. The standard InChI is InChI=1S/C8H17F2P/c9-5-1-3-7-11-8-4-2-6-10/h11H,1-8H2. The predicted octanol–water partition coefficient (Wildman–Crippen LogP) is 3.16. The highest BCUT2D eigenvalue weighted by Gasteiger charge is 1.90. The lowest BCUT2D eigenvalue weighted by Crippen LogP contribution is -1.84. The van der Waals surface area contributed by atoms with Crippen LogP contribution in [0.3, 0.4) is 0 Å². The van der Waals surface area contributed by atoms with E-state index < -0.39 is 0 Å². The smallest absolute Gasteiger partial charge is 0.0894 e. The molecule has 0 aromatic heterocycles. The van der Waals surface area contributed by atoms with Gasteiger partial charge in [-0.2, -0.15) is 0 Å². The van der Waals surface area contributed by atoms with Crippen molar-refractivity contribution in [2.75, 3.05) is 25.7 Å². The molecule has 0 aliphatic rings. The molecule has 0 fully saturated rings. The van der Waals surface area contributed by atoms with Crippen molar-refractivity contribution in [2.24, 2.45) is 0 Å². The van der Waals surface area contributed by atoms with Crippen molar-refractivity contribution in [3.63, 3.8) is 0 Å². The number of rotatable bonds is 8. The van der Waals surface area contributed by atoms with Crippen molar-refractivity contribution in [3.05, 3.63) is 0 Å². The average Bonchev–Trinajstić information content (AvgIpc) is 2.03. The Hall–Kier alpha value is 0.290. The van der Waals surface area contributed by atoms with E-state index in [-0.39, 0.29) is 13.3 Å². The van der Waals surface area contributed by atoms with Gasteiger partial charge in [0.05, 0.1) is 13.3 Å². The molecule has 11 heavy (non-hydrogen) atoms. The first kappa shape index (κ1) is 11.3. The fraction of sp³-hybridized carbons (Fsp3) is 1.00. The maximum atomic E-state index is 11.6. The molecule has 0 aromatic carbocycles. The second-order valence-electron chi connectivity index (χ2n) is 2.54. The zero-order chi connectivity index (χ0) is 8.36. The molecule has 0 radical (unpaired) electrons. The van der Waals surface area contributed by atoms with E-state index >= 15 is 0 Å². The molecule has 0 unspecified atom stereocenters. The van der Waals surface area contributed by atoms with Gasteiger partial charge in [-0.15, -0.1) is 8.58 Å². The topological polar surface area (TPSA) is 0 Å². The van der Waals surface area contributed by atoms with Gasteiger partial charge in [0.15, 0.2) is 0 Å². The summed E-state index contributed by atoms with van der Waals surface area (Å²) in [5.41, 5.74) is 0. The Morgan fingerprint density at radius 1 is 0.727 bits per heavy atom. The van der Waals surface area contributed by atoms with Gasteiger partial charge in [0, 0.05) is 0 Å². The highest BCUT2D eigenvalue weighted by Crippen LogP contribution is 2.14. The van der Waals surface area contributed by atoms with Crippen LogP contribution in [-0.4, -0.2) is 25.7 Å². The third-order valence-corrected chi connectivity index (χ3v) is 2.89. The van der Waals surface area contributed by atoms with Crippen LogP contribution < -0.4 is 0 Å². The second-order valence-corrected chi connectivity index (χ2v) is 4.04. The Kier molecular flexibility index (Phi) is 10.6. The number of hydrogen-bond donors (Lipinski definition) is 0. The molecule has 0 N–H and O–H groups in total. The Balaban J connectivity index is 2.69. The highest BCUT2D eigenvalue weighted by atomic mass is 31.1. The molecule has 0 nitrogen and oxygen atoms in total. The fourth-order valence-corrected chi connectivity index (χ4v) is 2.06. The number of halogens is 2. The normalized spacial score (nSPS) is 10.4. The summed E-state index contributed by atoms with van der Waals surface area (Å²) >= 11 is 0. The van der Waals surface area contributed by atoms with Gasteiger partial charge in [0.2, 0.25) is 0 Å². The van der Waals surface area contributed by atoms with Crippen LogP contribution in [0, 0.1) is 0 Å². The van der Waals surface area contributed by atoms with Gasteiger partial charge in [-0.05, 0) is 38.0 Å². The summed E-state index contributed by atoms with van der Waals surface area (Å²) in [7, 11) is 0.919. The Labute approximate surface area is 69.5 Å². The van der Waals surface area contributed by atoms with Gasteiger partial charge in [0.1, 0.15) is 0 Å². The first-order valence-electron chi connectivity index (χ1n) is 4.24. The van der Waals surface area contributed by atoms with Crippen molar-refractivity contribution < 1.29 is 8.78 Å². The SMILES string of the molecule is FCCCCPCCCCF. The molecule has 0 rings (SSSR count). The predicted molar refractivity (Wildman–Crippen MR) is 48.5 cm³/mol. The summed E-state index contributed by atoms with van der Waals surface area (Å²) in [6, 6.07) is 0. The van der Waals surface area contributed by atoms with Crippen molar-refractivity contribution in [3.8, 4) is 0 Å². The van der Waals surface area contributed by atoms with Crippen molar-refractivity contribution in [1.82, 2.24) is 0 Å². The molecule has 0 aliphatic heterocycles. The van der Waals surface area contributed by atoms with Crippen LogP contribution in [0.1, 0.15) is 25.7 Å². The van der Waals surface area contributed by atoms with Gasteiger partial charge >= 0.3 is 0 Å². The minimum atomic E-state index is -0.186. The maximum Gasteiger partial charge on any atom is 0.0894 e. The van der Waals surface area contributed by atoms with E-state index in [0.717, 1.165) is 33.7 Å². The number of hydrogen-bond acceptors (Lipinski definition) is 0. The van der Waals surface area contributed by atoms with Gasteiger partial charge in [0.25, 0.3) is 0 Å². The van der Waals surface area contributed by atoms with Gasteiger partial charge in [-0.1, -0.05) is 0 Å². The Morgan fingerprint density at radius 3 is 1.55 bits per heavy atom. The van der Waals surface area contributed by atoms with Crippen LogP contribution in [0.25, 0.3) is 0 Å². The first-order valence-corrected chi connectivity index (χ1v) is 5.66. The minimum absolute atomic E-state index is 0.186. The summed E-state index contributed by atoms with van der Waals surface area (Å²) in [5.74, 6) is 0. The summed E-state index contributed by atoms with van der Waals surface area (Å²) in [6.45, 7) is -0.371. The third kappa shape index (κ3) is 10.3. The van der Waals surface area contributed by atoms with E-state index in [9.17, 15) is 8.78 Å². The number of unbranched alkanes of at least 4 members (excludes halogenated alkanes) is 2. The molecule has 0 aliphatic carbocycles. The summed E-state index contributed by atoms with van der Waals surface area (Å²) in [5, 5.41) is 0. The Bertz CT molecular complexity index is 61.1. The van der Waals surface area contributed by atoms with E-state index in [4.69, 9.17) is 0 Å². The second kappa shape index (κ2) is 10.3. The van der Waals surface area contributed by atoms with Gasteiger partial charge < -0.3 is 0 Å². The third-order valence-electron chi connectivity index (χ3n) is 1.47. The summed E-state index contributed by atoms with van der Waals surface area (Å²) in [4.78, 5) is 0. The lowest BCUT2D eigenvalue weighted by atomic mass is 10.4. The summed E-state index contributed by atoms with van der Waals surface area (Å²) in [6.07, 6.45) is 5.69. The molecule has 0 spiro atoms. The van der Waals surface area contributed by atoms with Crippen LogP contribution in [0.5, 0.6) is 0 Å². The Morgan fingerprint density at radius 2 is 1.18 bits per heavy atom. The molecule has 0 amide bonds. The average molecular weight is 182 g/mol. The van der Waals surface area contributed by atoms with Gasteiger partial charge in [-0.25, -0.2) is 0 Å². The van der Waals surface area contributed by atoms with Crippen LogP contribution >= 0.6 is 8.58 Å². The zero-order valence-electron chi connectivity index (χ0n) is 6.91. The van der Waals surface area contributed by atoms with Crippen LogP contribution in [0.15, 0.2) is 0 Å². The molecule has 3 heteroatoms. The van der Waals surface area contributed by atoms with Crippen molar-refractivity contribution in [1.29, 1.82) is 0 Å².